The van der Waals surface area contributed by atoms with Crippen LogP contribution >= 0.6 is 0 Å². The van der Waals surface area contributed by atoms with Crippen LogP contribution < -0.4 is 15.2 Å². The van der Waals surface area contributed by atoms with Crippen molar-refractivity contribution in [2.45, 2.75) is 36.2 Å². The van der Waals surface area contributed by atoms with Crippen molar-refractivity contribution < 1.29 is 18.3 Å². The van der Waals surface area contributed by atoms with E-state index in [0.29, 0.717) is 18.5 Å². The Labute approximate surface area is 119 Å². The lowest BCUT2D eigenvalue weighted by molar-refractivity contribution is 0.0531. The Bertz CT molecular complexity index is 580. The van der Waals surface area contributed by atoms with Crippen LogP contribution in [0.3, 0.4) is 0 Å². The highest BCUT2D eigenvalue weighted by Gasteiger charge is 2.33. The van der Waals surface area contributed by atoms with Gasteiger partial charge >= 0.3 is 0 Å². The highest BCUT2D eigenvalue weighted by molar-refractivity contribution is 7.89. The summed E-state index contributed by atoms with van der Waals surface area (Å²) in [5.41, 5.74) is 5.10. The van der Waals surface area contributed by atoms with E-state index in [2.05, 4.69) is 4.72 Å². The van der Waals surface area contributed by atoms with Crippen LogP contribution in [0.1, 0.15) is 25.7 Å². The van der Waals surface area contributed by atoms with Gasteiger partial charge in [-0.3, -0.25) is 0 Å². The molecule has 1 aliphatic carbocycles. The Hall–Kier alpha value is -1.31. The molecule has 112 valence electrons. The lowest BCUT2D eigenvalue weighted by Gasteiger charge is -2.22. The molecule has 0 heterocycles. The molecule has 7 heteroatoms. The van der Waals surface area contributed by atoms with Crippen LogP contribution in [-0.4, -0.2) is 32.8 Å². The molecule has 0 amide bonds. The summed E-state index contributed by atoms with van der Waals surface area (Å²) in [6, 6.07) is 4.36. The van der Waals surface area contributed by atoms with Crippen molar-refractivity contribution in [3.63, 3.8) is 0 Å². The summed E-state index contributed by atoms with van der Waals surface area (Å²) in [6.07, 6.45) is 3.08. The van der Waals surface area contributed by atoms with E-state index >= 15 is 0 Å². The van der Waals surface area contributed by atoms with Crippen LogP contribution in [0.15, 0.2) is 23.1 Å². The number of nitrogens with two attached hydrogens (primary N) is 1. The van der Waals surface area contributed by atoms with Gasteiger partial charge in [-0.15, -0.1) is 0 Å². The molecular formula is C13H20N2O4S. The molecule has 0 radical (unpaired) electrons. The molecule has 2 rings (SSSR count). The number of nitrogens with one attached hydrogen (secondary N) is 1. The van der Waals surface area contributed by atoms with Crippen LogP contribution in [0.2, 0.25) is 0 Å². The topological polar surface area (TPSA) is 102 Å². The molecule has 4 N–H and O–H groups in total. The minimum absolute atomic E-state index is 0.0167. The van der Waals surface area contributed by atoms with Gasteiger partial charge in [-0.1, -0.05) is 12.8 Å². The normalized spacial score (nSPS) is 18.1. The maximum absolute atomic E-state index is 12.3. The third-order valence-corrected chi connectivity index (χ3v) is 5.04. The Morgan fingerprint density at radius 2 is 2.05 bits per heavy atom. The van der Waals surface area contributed by atoms with Gasteiger partial charge in [0.25, 0.3) is 0 Å². The third-order valence-electron chi connectivity index (χ3n) is 3.60. The number of sulfonamides is 1. The molecule has 0 unspecified atom stereocenters. The summed E-state index contributed by atoms with van der Waals surface area (Å²) in [6.45, 7) is 0.0167. The molecule has 0 bridgehead atoms. The minimum Gasteiger partial charge on any atom is -0.495 e. The molecule has 1 aliphatic rings. The molecule has 1 aromatic rings. The fourth-order valence-electron chi connectivity index (χ4n) is 2.42. The largest absolute Gasteiger partial charge is 0.495 e. The number of ether oxygens (including phenoxy) is 1. The molecule has 0 atom stereocenters. The molecule has 1 aromatic carbocycles. The van der Waals surface area contributed by atoms with Crippen molar-refractivity contribution in [3.05, 3.63) is 18.2 Å². The second kappa shape index (κ2) is 5.59. The van der Waals surface area contributed by atoms with Crippen LogP contribution in [0.25, 0.3) is 0 Å². The second-order valence-corrected chi connectivity index (χ2v) is 6.90. The Morgan fingerprint density at radius 1 is 1.40 bits per heavy atom. The Kier molecular flexibility index (Phi) is 4.22. The Balaban J connectivity index is 2.18. The van der Waals surface area contributed by atoms with Crippen LogP contribution in [0, 0.1) is 0 Å². The zero-order chi connectivity index (χ0) is 14.8. The van der Waals surface area contributed by atoms with Crippen LogP contribution in [0.5, 0.6) is 5.75 Å². The van der Waals surface area contributed by atoms with E-state index < -0.39 is 15.6 Å². The first-order chi connectivity index (χ1) is 9.36. The molecular weight excluding hydrogens is 280 g/mol. The lowest BCUT2D eigenvalue weighted by Crippen LogP contribution is -2.40. The molecule has 0 aliphatic heterocycles. The standard InChI is InChI=1S/C13H20N2O4S/c1-19-11-8-10(14)4-5-12(11)20(17,18)15-9-13(16)6-2-3-7-13/h4-5,8,15-16H,2-3,6-7,9,14H2,1H3. The number of methoxy groups -OCH3 is 1. The van der Waals surface area contributed by atoms with Crippen molar-refractivity contribution in [3.8, 4) is 5.75 Å². The molecule has 0 aromatic heterocycles. The molecule has 1 saturated carbocycles. The highest BCUT2D eigenvalue weighted by atomic mass is 32.2. The number of hydrogen-bond donors (Lipinski definition) is 3. The zero-order valence-corrected chi connectivity index (χ0v) is 12.2. The smallest absolute Gasteiger partial charge is 0.244 e. The number of benzene rings is 1. The van der Waals surface area contributed by atoms with Gasteiger partial charge in [-0.2, -0.15) is 0 Å². The zero-order valence-electron chi connectivity index (χ0n) is 11.4. The monoisotopic (exact) mass is 300 g/mol. The maximum Gasteiger partial charge on any atom is 0.244 e. The van der Waals surface area contributed by atoms with E-state index in [0.717, 1.165) is 12.8 Å². The molecule has 1 fully saturated rings. The predicted octanol–water partition coefficient (Wildman–Crippen LogP) is 0.861. The van der Waals surface area contributed by atoms with Gasteiger partial charge in [0, 0.05) is 18.3 Å². The summed E-state index contributed by atoms with van der Waals surface area (Å²) in [5, 5.41) is 10.2. The number of hydrogen-bond acceptors (Lipinski definition) is 5. The van der Waals surface area contributed by atoms with E-state index in [4.69, 9.17) is 10.5 Å². The first-order valence-electron chi connectivity index (χ1n) is 6.52. The van der Waals surface area contributed by atoms with Crippen molar-refractivity contribution in [2.75, 3.05) is 19.4 Å². The molecule has 0 saturated heterocycles. The van der Waals surface area contributed by atoms with Crippen LogP contribution in [0.4, 0.5) is 5.69 Å². The van der Waals surface area contributed by atoms with E-state index in [-0.39, 0.29) is 17.2 Å². The summed E-state index contributed by atoms with van der Waals surface area (Å²) < 4.78 is 32.1. The van der Waals surface area contributed by atoms with E-state index in [1.165, 1.54) is 25.3 Å². The second-order valence-electron chi connectivity index (χ2n) is 5.17. The fraction of sp³-hybridized carbons (Fsp3) is 0.538. The number of rotatable bonds is 5. The number of nitrogen functional groups attached to an aromatic ring is 1. The summed E-state index contributed by atoms with van der Waals surface area (Å²) in [5.74, 6) is 0.191. The van der Waals surface area contributed by atoms with Crippen LogP contribution in [-0.2, 0) is 10.0 Å². The fourth-order valence-corrected chi connectivity index (χ4v) is 3.69. The highest BCUT2D eigenvalue weighted by Crippen LogP contribution is 2.30. The van der Waals surface area contributed by atoms with E-state index in [1.807, 2.05) is 0 Å². The van der Waals surface area contributed by atoms with Gasteiger partial charge in [0.15, 0.2) is 0 Å². The average molecular weight is 300 g/mol. The molecule has 20 heavy (non-hydrogen) atoms. The lowest BCUT2D eigenvalue weighted by atomic mass is 10.0. The third kappa shape index (κ3) is 3.23. The molecule has 0 spiro atoms. The predicted molar refractivity (Wildman–Crippen MR) is 76.0 cm³/mol. The summed E-state index contributed by atoms with van der Waals surface area (Å²) in [7, 11) is -2.35. The van der Waals surface area contributed by atoms with Gasteiger partial charge in [0.2, 0.25) is 10.0 Å². The quantitative estimate of drug-likeness (QED) is 0.700. The summed E-state index contributed by atoms with van der Waals surface area (Å²) in [4.78, 5) is 0.0239. The number of anilines is 1. The first kappa shape index (κ1) is 15.1. The maximum atomic E-state index is 12.3. The molecule has 6 nitrogen and oxygen atoms in total. The van der Waals surface area contributed by atoms with Gasteiger partial charge in [0.1, 0.15) is 10.6 Å². The average Bonchev–Trinajstić information content (AvgIpc) is 2.84. The van der Waals surface area contributed by atoms with Gasteiger partial charge in [-0.05, 0) is 25.0 Å². The van der Waals surface area contributed by atoms with Crippen molar-refractivity contribution in [1.82, 2.24) is 4.72 Å². The van der Waals surface area contributed by atoms with Gasteiger partial charge < -0.3 is 15.6 Å². The first-order valence-corrected chi connectivity index (χ1v) is 8.00. The van der Waals surface area contributed by atoms with Gasteiger partial charge in [-0.25, -0.2) is 13.1 Å². The van der Waals surface area contributed by atoms with Gasteiger partial charge in [0.05, 0.1) is 12.7 Å². The van der Waals surface area contributed by atoms with E-state index in [1.54, 1.807) is 0 Å². The minimum atomic E-state index is -3.74. The Morgan fingerprint density at radius 3 is 2.65 bits per heavy atom. The van der Waals surface area contributed by atoms with Crippen molar-refractivity contribution >= 4 is 15.7 Å². The van der Waals surface area contributed by atoms with Crippen molar-refractivity contribution in [2.24, 2.45) is 0 Å². The van der Waals surface area contributed by atoms with Crippen molar-refractivity contribution in [1.29, 1.82) is 0 Å². The van der Waals surface area contributed by atoms with E-state index in [9.17, 15) is 13.5 Å². The SMILES string of the molecule is COc1cc(N)ccc1S(=O)(=O)NCC1(O)CCCC1. The summed E-state index contributed by atoms with van der Waals surface area (Å²) >= 11 is 0. The number of aliphatic hydroxyl groups is 1.